The second-order valence-electron chi connectivity index (χ2n) is 5.22. The van der Waals surface area contributed by atoms with Crippen LogP contribution in [0.25, 0.3) is 0 Å². The van der Waals surface area contributed by atoms with Gasteiger partial charge in [0.1, 0.15) is 0 Å². The number of nitrogens with two attached hydrogens (primary N) is 1. The van der Waals surface area contributed by atoms with Crippen molar-refractivity contribution in [1.29, 1.82) is 0 Å². The zero-order valence-electron chi connectivity index (χ0n) is 10.5. The first kappa shape index (κ1) is 12.6. The van der Waals surface area contributed by atoms with Crippen LogP contribution in [0.15, 0.2) is 23.1 Å². The lowest BCUT2D eigenvalue weighted by molar-refractivity contribution is 0.542. The Morgan fingerprint density at radius 3 is 2.35 bits per heavy atom. The van der Waals surface area contributed by atoms with Gasteiger partial charge >= 0.3 is 0 Å². The van der Waals surface area contributed by atoms with Crippen molar-refractivity contribution in [2.24, 2.45) is 5.73 Å². The molecule has 1 aromatic rings. The quantitative estimate of drug-likeness (QED) is 0.893. The summed E-state index contributed by atoms with van der Waals surface area (Å²) >= 11 is 0. The van der Waals surface area contributed by atoms with E-state index in [2.05, 4.69) is 0 Å². The van der Waals surface area contributed by atoms with Crippen LogP contribution in [0.2, 0.25) is 0 Å². The summed E-state index contributed by atoms with van der Waals surface area (Å²) in [4.78, 5) is 0.451. The predicted octanol–water partition coefficient (Wildman–Crippen LogP) is 1.78. The fourth-order valence-electron chi connectivity index (χ4n) is 2.45. The lowest BCUT2D eigenvalue weighted by atomic mass is 9.89. The van der Waals surface area contributed by atoms with Gasteiger partial charge in [-0.1, -0.05) is 12.1 Å². The second-order valence-corrected chi connectivity index (χ2v) is 7.20. The van der Waals surface area contributed by atoms with E-state index >= 15 is 0 Å². The molecule has 0 saturated heterocycles. The summed E-state index contributed by atoms with van der Waals surface area (Å²) in [5, 5.41) is 0. The van der Waals surface area contributed by atoms with Gasteiger partial charge in [-0.05, 0) is 43.9 Å². The van der Waals surface area contributed by atoms with Crippen molar-refractivity contribution >= 4 is 9.84 Å². The molecule has 2 rings (SSSR count). The van der Waals surface area contributed by atoms with Gasteiger partial charge in [0.05, 0.1) is 4.90 Å². The van der Waals surface area contributed by atoms with Gasteiger partial charge in [-0.3, -0.25) is 0 Å². The third-order valence-electron chi connectivity index (χ3n) is 3.73. The Morgan fingerprint density at radius 2 is 1.94 bits per heavy atom. The Bertz CT molecular complexity index is 543. The summed E-state index contributed by atoms with van der Waals surface area (Å²) < 4.78 is 23.7. The Hall–Kier alpha value is -0.870. The molecule has 0 radical (unpaired) electrons. The number of aryl methyl sites for hydroxylation is 1. The summed E-state index contributed by atoms with van der Waals surface area (Å²) in [6, 6.07) is 5.65. The molecular formula is C13H19NO2S. The highest BCUT2D eigenvalue weighted by atomic mass is 32.2. The first-order chi connectivity index (χ1) is 7.77. The molecule has 1 fully saturated rings. The van der Waals surface area contributed by atoms with Gasteiger partial charge in [-0.25, -0.2) is 8.42 Å². The summed E-state index contributed by atoms with van der Waals surface area (Å²) in [5.41, 5.74) is 7.77. The van der Waals surface area contributed by atoms with Gasteiger partial charge in [-0.2, -0.15) is 0 Å². The SMILES string of the molecule is Cc1ccc(C2(C(C)N)CC2)c(S(C)(=O)=O)c1. The summed E-state index contributed by atoms with van der Waals surface area (Å²) in [5.74, 6) is 0. The number of benzene rings is 1. The molecular weight excluding hydrogens is 234 g/mol. The Morgan fingerprint density at radius 1 is 1.35 bits per heavy atom. The fourth-order valence-corrected chi connectivity index (χ4v) is 3.52. The molecule has 1 aromatic carbocycles. The molecule has 1 unspecified atom stereocenters. The van der Waals surface area contributed by atoms with Crippen LogP contribution in [0.3, 0.4) is 0 Å². The van der Waals surface area contributed by atoms with Crippen LogP contribution in [0.5, 0.6) is 0 Å². The summed E-state index contributed by atoms with van der Waals surface area (Å²) in [6.45, 7) is 3.86. The third-order valence-corrected chi connectivity index (χ3v) is 4.87. The maximum Gasteiger partial charge on any atom is 0.175 e. The highest BCUT2D eigenvalue weighted by Crippen LogP contribution is 2.52. The lowest BCUT2D eigenvalue weighted by Crippen LogP contribution is -2.32. The first-order valence-corrected chi connectivity index (χ1v) is 7.73. The van der Waals surface area contributed by atoms with Crippen molar-refractivity contribution in [1.82, 2.24) is 0 Å². The average molecular weight is 253 g/mol. The van der Waals surface area contributed by atoms with Gasteiger partial charge < -0.3 is 5.73 Å². The second kappa shape index (κ2) is 3.82. The highest BCUT2D eigenvalue weighted by molar-refractivity contribution is 7.90. The van der Waals surface area contributed by atoms with E-state index in [0.29, 0.717) is 4.90 Å². The molecule has 1 atom stereocenters. The van der Waals surface area contributed by atoms with Crippen molar-refractivity contribution in [3.05, 3.63) is 29.3 Å². The summed E-state index contributed by atoms with van der Waals surface area (Å²) in [7, 11) is -3.19. The molecule has 0 bridgehead atoms. The van der Waals surface area contributed by atoms with Gasteiger partial charge in [0, 0.05) is 17.7 Å². The average Bonchev–Trinajstić information content (AvgIpc) is 2.97. The monoisotopic (exact) mass is 253 g/mol. The number of sulfone groups is 1. The van der Waals surface area contributed by atoms with Gasteiger partial charge in [0.15, 0.2) is 9.84 Å². The smallest absolute Gasteiger partial charge is 0.175 e. The van der Waals surface area contributed by atoms with Gasteiger partial charge in [0.2, 0.25) is 0 Å². The number of hydrogen-bond donors (Lipinski definition) is 1. The normalized spacial score (nSPS) is 20.0. The van der Waals surface area contributed by atoms with Crippen molar-refractivity contribution in [3.8, 4) is 0 Å². The van der Waals surface area contributed by atoms with E-state index in [1.54, 1.807) is 6.07 Å². The topological polar surface area (TPSA) is 60.2 Å². The molecule has 0 aliphatic heterocycles. The Kier molecular flexibility index (Phi) is 2.83. The van der Waals surface area contributed by atoms with E-state index in [1.807, 2.05) is 26.0 Å². The molecule has 3 nitrogen and oxygen atoms in total. The van der Waals surface area contributed by atoms with Crippen LogP contribution in [-0.4, -0.2) is 20.7 Å². The molecule has 1 aliphatic carbocycles. The predicted molar refractivity (Wildman–Crippen MR) is 68.9 cm³/mol. The molecule has 0 amide bonds. The standard InChI is InChI=1S/C13H19NO2S/c1-9-4-5-11(12(8-9)17(3,15)16)13(6-7-13)10(2)14/h4-5,8,10H,6-7,14H2,1-3H3. The van der Waals surface area contributed by atoms with Gasteiger partial charge in [-0.15, -0.1) is 0 Å². The van der Waals surface area contributed by atoms with Crippen LogP contribution in [0.4, 0.5) is 0 Å². The zero-order valence-corrected chi connectivity index (χ0v) is 11.3. The van der Waals surface area contributed by atoms with E-state index in [9.17, 15) is 8.42 Å². The van der Waals surface area contributed by atoms with Crippen molar-refractivity contribution in [2.75, 3.05) is 6.26 Å². The van der Waals surface area contributed by atoms with E-state index in [-0.39, 0.29) is 11.5 Å². The van der Waals surface area contributed by atoms with Crippen LogP contribution >= 0.6 is 0 Å². The van der Waals surface area contributed by atoms with Crippen LogP contribution in [-0.2, 0) is 15.3 Å². The molecule has 0 heterocycles. The fraction of sp³-hybridized carbons (Fsp3) is 0.538. The molecule has 0 aromatic heterocycles. The van der Waals surface area contributed by atoms with Crippen LogP contribution in [0, 0.1) is 6.92 Å². The summed E-state index contributed by atoms with van der Waals surface area (Å²) in [6.07, 6.45) is 3.23. The van der Waals surface area contributed by atoms with E-state index in [0.717, 1.165) is 24.0 Å². The molecule has 94 valence electrons. The van der Waals surface area contributed by atoms with Crippen LogP contribution < -0.4 is 5.73 Å². The maximum atomic E-state index is 11.9. The minimum atomic E-state index is -3.19. The number of hydrogen-bond acceptors (Lipinski definition) is 3. The molecule has 17 heavy (non-hydrogen) atoms. The van der Waals surface area contributed by atoms with Gasteiger partial charge in [0.25, 0.3) is 0 Å². The van der Waals surface area contributed by atoms with Crippen molar-refractivity contribution in [2.45, 2.75) is 43.0 Å². The van der Waals surface area contributed by atoms with E-state index < -0.39 is 9.84 Å². The van der Waals surface area contributed by atoms with Crippen molar-refractivity contribution < 1.29 is 8.42 Å². The van der Waals surface area contributed by atoms with E-state index in [1.165, 1.54) is 6.26 Å². The lowest BCUT2D eigenvalue weighted by Gasteiger charge is -2.23. The first-order valence-electron chi connectivity index (χ1n) is 5.84. The Balaban J connectivity index is 2.63. The molecule has 1 aliphatic rings. The van der Waals surface area contributed by atoms with Crippen LogP contribution in [0.1, 0.15) is 30.9 Å². The molecule has 4 heteroatoms. The molecule has 1 saturated carbocycles. The van der Waals surface area contributed by atoms with E-state index in [4.69, 9.17) is 5.73 Å². The minimum Gasteiger partial charge on any atom is -0.327 e. The van der Waals surface area contributed by atoms with Crippen molar-refractivity contribution in [3.63, 3.8) is 0 Å². The minimum absolute atomic E-state index is 0.00861. The maximum absolute atomic E-state index is 11.9. The highest BCUT2D eigenvalue weighted by Gasteiger charge is 2.49. The zero-order chi connectivity index (χ0) is 12.8. The Labute approximate surface area is 103 Å². The molecule has 2 N–H and O–H groups in total. The third kappa shape index (κ3) is 2.11. The molecule has 0 spiro atoms. The number of rotatable bonds is 3. The largest absolute Gasteiger partial charge is 0.327 e.